The second-order valence-electron chi connectivity index (χ2n) is 4.47. The van der Waals surface area contributed by atoms with Crippen LogP contribution in [0.15, 0.2) is 18.3 Å². The van der Waals surface area contributed by atoms with E-state index in [4.69, 9.17) is 5.73 Å². The molecule has 0 amide bonds. The number of hydrogen-bond acceptors (Lipinski definition) is 4. The van der Waals surface area contributed by atoms with Gasteiger partial charge in [-0.3, -0.25) is 0 Å². The first kappa shape index (κ1) is 11.2. The average molecular weight is 221 g/mol. The van der Waals surface area contributed by atoms with Crippen LogP contribution < -0.4 is 11.1 Å². The first-order valence-corrected chi connectivity index (χ1v) is 5.89. The summed E-state index contributed by atoms with van der Waals surface area (Å²) in [6, 6.07) is 3.69. The lowest BCUT2D eigenvalue weighted by Crippen LogP contribution is -2.30. The summed E-state index contributed by atoms with van der Waals surface area (Å²) >= 11 is 0. The summed E-state index contributed by atoms with van der Waals surface area (Å²) in [7, 11) is 0. The fourth-order valence-electron chi connectivity index (χ4n) is 2.17. The van der Waals surface area contributed by atoms with Crippen molar-refractivity contribution in [2.75, 3.05) is 17.6 Å². The average Bonchev–Trinajstić information content (AvgIpc) is 2.30. The van der Waals surface area contributed by atoms with Gasteiger partial charge in [-0.15, -0.1) is 0 Å². The van der Waals surface area contributed by atoms with E-state index >= 15 is 0 Å². The molecule has 1 fully saturated rings. The van der Waals surface area contributed by atoms with Gasteiger partial charge in [-0.25, -0.2) is 4.98 Å². The molecule has 0 spiro atoms. The molecule has 2 atom stereocenters. The highest BCUT2D eigenvalue weighted by Crippen LogP contribution is 2.24. The molecule has 0 radical (unpaired) electrons. The zero-order valence-corrected chi connectivity index (χ0v) is 9.39. The summed E-state index contributed by atoms with van der Waals surface area (Å²) in [6.07, 6.45) is 5.88. The molecule has 0 aliphatic heterocycles. The second-order valence-corrected chi connectivity index (χ2v) is 4.47. The van der Waals surface area contributed by atoms with E-state index in [1.54, 1.807) is 6.20 Å². The molecule has 0 bridgehead atoms. The number of aliphatic hydroxyl groups is 1. The molecular formula is C12H19N3O. The van der Waals surface area contributed by atoms with Gasteiger partial charge in [-0.2, -0.15) is 0 Å². The number of nitrogens with one attached hydrogen (secondary N) is 1. The summed E-state index contributed by atoms with van der Waals surface area (Å²) in [5.41, 5.74) is 6.23. The maximum atomic E-state index is 9.81. The number of aromatic nitrogens is 1. The van der Waals surface area contributed by atoms with Crippen LogP contribution in [0, 0.1) is 5.92 Å². The normalized spacial score (nSPS) is 25.3. The molecule has 2 rings (SSSR count). The molecule has 1 saturated carbocycles. The number of hydrogen-bond donors (Lipinski definition) is 3. The van der Waals surface area contributed by atoms with Gasteiger partial charge >= 0.3 is 0 Å². The topological polar surface area (TPSA) is 71.2 Å². The Kier molecular flexibility index (Phi) is 3.62. The van der Waals surface area contributed by atoms with Crippen LogP contribution in [0.3, 0.4) is 0 Å². The van der Waals surface area contributed by atoms with Crippen molar-refractivity contribution < 1.29 is 5.11 Å². The number of pyridine rings is 1. The van der Waals surface area contributed by atoms with Gasteiger partial charge in [0.2, 0.25) is 0 Å². The van der Waals surface area contributed by atoms with Crippen LogP contribution in [0.5, 0.6) is 0 Å². The number of nitrogens with zero attached hydrogens (tertiary/aromatic N) is 1. The van der Waals surface area contributed by atoms with Gasteiger partial charge in [0, 0.05) is 12.5 Å². The molecule has 4 nitrogen and oxygen atoms in total. The van der Waals surface area contributed by atoms with Crippen molar-refractivity contribution in [2.45, 2.75) is 31.8 Å². The Bertz CT molecular complexity index is 326. The van der Waals surface area contributed by atoms with E-state index in [2.05, 4.69) is 10.3 Å². The summed E-state index contributed by atoms with van der Waals surface area (Å²) < 4.78 is 0. The SMILES string of the molecule is Nc1ccc(NCC2CCCCC2O)nc1. The van der Waals surface area contributed by atoms with Crippen molar-refractivity contribution in [1.29, 1.82) is 0 Å². The molecule has 1 aromatic heterocycles. The van der Waals surface area contributed by atoms with E-state index in [0.717, 1.165) is 31.6 Å². The highest BCUT2D eigenvalue weighted by Gasteiger charge is 2.22. The van der Waals surface area contributed by atoms with Gasteiger partial charge in [0.15, 0.2) is 0 Å². The zero-order chi connectivity index (χ0) is 11.4. The molecule has 2 unspecified atom stereocenters. The van der Waals surface area contributed by atoms with Crippen molar-refractivity contribution >= 4 is 11.5 Å². The maximum Gasteiger partial charge on any atom is 0.126 e. The Morgan fingerprint density at radius 2 is 2.19 bits per heavy atom. The lowest BCUT2D eigenvalue weighted by atomic mass is 9.86. The second kappa shape index (κ2) is 5.16. The van der Waals surface area contributed by atoms with Crippen LogP contribution in [0.2, 0.25) is 0 Å². The highest BCUT2D eigenvalue weighted by atomic mass is 16.3. The van der Waals surface area contributed by atoms with Gasteiger partial charge in [0.25, 0.3) is 0 Å². The van der Waals surface area contributed by atoms with Crippen LogP contribution >= 0.6 is 0 Å². The van der Waals surface area contributed by atoms with Crippen LogP contribution in [0.25, 0.3) is 0 Å². The lowest BCUT2D eigenvalue weighted by molar-refractivity contribution is 0.0763. The minimum atomic E-state index is -0.157. The van der Waals surface area contributed by atoms with Crippen molar-refractivity contribution in [3.63, 3.8) is 0 Å². The number of nitrogens with two attached hydrogens (primary N) is 1. The van der Waals surface area contributed by atoms with E-state index < -0.39 is 0 Å². The fourth-order valence-corrected chi connectivity index (χ4v) is 2.17. The molecular weight excluding hydrogens is 202 g/mol. The van der Waals surface area contributed by atoms with Crippen molar-refractivity contribution in [3.8, 4) is 0 Å². The van der Waals surface area contributed by atoms with Gasteiger partial charge in [0.1, 0.15) is 5.82 Å². The summed E-state index contributed by atoms with van der Waals surface area (Å²) in [5.74, 6) is 1.18. The quantitative estimate of drug-likeness (QED) is 0.725. The molecule has 0 aromatic carbocycles. The van der Waals surface area contributed by atoms with Gasteiger partial charge in [-0.1, -0.05) is 12.8 Å². The monoisotopic (exact) mass is 221 g/mol. The minimum absolute atomic E-state index is 0.157. The summed E-state index contributed by atoms with van der Waals surface area (Å²) in [6.45, 7) is 0.790. The Balaban J connectivity index is 1.84. The van der Waals surface area contributed by atoms with Crippen LogP contribution in [0.1, 0.15) is 25.7 Å². The predicted molar refractivity (Wildman–Crippen MR) is 65.1 cm³/mol. The van der Waals surface area contributed by atoms with Crippen molar-refractivity contribution in [2.24, 2.45) is 5.92 Å². The minimum Gasteiger partial charge on any atom is -0.397 e. The maximum absolute atomic E-state index is 9.81. The number of rotatable bonds is 3. The third kappa shape index (κ3) is 2.85. The van der Waals surface area contributed by atoms with Crippen LogP contribution in [0.4, 0.5) is 11.5 Å². The third-order valence-corrected chi connectivity index (χ3v) is 3.20. The van der Waals surface area contributed by atoms with E-state index in [1.807, 2.05) is 12.1 Å². The molecule has 16 heavy (non-hydrogen) atoms. The Morgan fingerprint density at radius 1 is 1.38 bits per heavy atom. The molecule has 0 saturated heterocycles. The Hall–Kier alpha value is -1.29. The summed E-state index contributed by atoms with van der Waals surface area (Å²) in [4.78, 5) is 4.17. The first-order valence-electron chi connectivity index (χ1n) is 5.89. The van der Waals surface area contributed by atoms with Crippen molar-refractivity contribution in [1.82, 2.24) is 4.98 Å². The highest BCUT2D eigenvalue weighted by molar-refractivity contribution is 5.43. The predicted octanol–water partition coefficient (Wildman–Crippen LogP) is 1.63. The molecule has 1 aliphatic carbocycles. The number of anilines is 2. The largest absolute Gasteiger partial charge is 0.397 e. The van der Waals surface area contributed by atoms with E-state index in [-0.39, 0.29) is 6.10 Å². The summed E-state index contributed by atoms with van der Waals surface area (Å²) in [5, 5.41) is 13.1. The molecule has 1 aliphatic rings. The Labute approximate surface area is 95.9 Å². The van der Waals surface area contributed by atoms with Crippen LogP contribution in [-0.4, -0.2) is 22.7 Å². The van der Waals surface area contributed by atoms with E-state index in [0.29, 0.717) is 11.6 Å². The molecule has 1 heterocycles. The van der Waals surface area contributed by atoms with Gasteiger partial charge < -0.3 is 16.2 Å². The Morgan fingerprint density at radius 3 is 2.88 bits per heavy atom. The lowest BCUT2D eigenvalue weighted by Gasteiger charge is -2.27. The van der Waals surface area contributed by atoms with Crippen LogP contribution in [-0.2, 0) is 0 Å². The number of nitrogen functional groups attached to an aromatic ring is 1. The smallest absolute Gasteiger partial charge is 0.126 e. The molecule has 1 aromatic rings. The molecule has 88 valence electrons. The number of aliphatic hydroxyl groups excluding tert-OH is 1. The third-order valence-electron chi connectivity index (χ3n) is 3.20. The van der Waals surface area contributed by atoms with Gasteiger partial charge in [-0.05, 0) is 25.0 Å². The zero-order valence-electron chi connectivity index (χ0n) is 9.39. The van der Waals surface area contributed by atoms with E-state index in [1.165, 1.54) is 6.42 Å². The van der Waals surface area contributed by atoms with Crippen molar-refractivity contribution in [3.05, 3.63) is 18.3 Å². The molecule has 4 N–H and O–H groups in total. The molecule has 4 heteroatoms. The fraction of sp³-hybridized carbons (Fsp3) is 0.583. The van der Waals surface area contributed by atoms with E-state index in [9.17, 15) is 5.11 Å². The standard InChI is InChI=1S/C12H19N3O/c13-10-5-6-12(15-8-10)14-7-9-3-1-2-4-11(9)16/h5-6,8-9,11,16H,1-4,7,13H2,(H,14,15). The first-order chi connectivity index (χ1) is 7.75. The van der Waals surface area contributed by atoms with Gasteiger partial charge in [0.05, 0.1) is 18.0 Å².